The number of aromatic amines is 1. The zero-order valence-corrected chi connectivity index (χ0v) is 9.96. The van der Waals surface area contributed by atoms with E-state index < -0.39 is 11.7 Å². The number of rotatable bonds is 3. The Kier molecular flexibility index (Phi) is 3.59. The molecule has 18 heavy (non-hydrogen) atoms. The van der Waals surface area contributed by atoms with Gasteiger partial charge in [-0.05, 0) is 12.1 Å². The van der Waals surface area contributed by atoms with Crippen molar-refractivity contribution in [3.8, 4) is 0 Å². The van der Waals surface area contributed by atoms with Crippen LogP contribution in [0.25, 0.3) is 0 Å². The number of hydrogen-bond acceptors (Lipinski definition) is 3. The third-order valence-electron chi connectivity index (χ3n) is 2.33. The number of nitrogens with zero attached hydrogens (tertiary/aromatic N) is 1. The van der Waals surface area contributed by atoms with Crippen molar-refractivity contribution in [1.29, 1.82) is 0 Å². The molecule has 0 aliphatic carbocycles. The number of amides is 1. The molecule has 4 N–H and O–H groups in total. The zero-order chi connectivity index (χ0) is 13.1. The van der Waals surface area contributed by atoms with Crippen molar-refractivity contribution < 1.29 is 9.18 Å². The molecule has 2 aromatic rings. The molecule has 0 unspecified atom stereocenters. The van der Waals surface area contributed by atoms with Gasteiger partial charge in [-0.15, -0.1) is 0 Å². The maximum atomic E-state index is 13.4. The summed E-state index contributed by atoms with van der Waals surface area (Å²) in [6.45, 7) is -0.00989. The molecule has 1 amide bonds. The Balaban J connectivity index is 2.30. The van der Waals surface area contributed by atoms with E-state index in [1.165, 1.54) is 12.3 Å². The van der Waals surface area contributed by atoms with Crippen LogP contribution in [0, 0.1) is 5.82 Å². The van der Waals surface area contributed by atoms with Crippen LogP contribution in [0.1, 0.15) is 15.9 Å². The van der Waals surface area contributed by atoms with Crippen LogP contribution in [0.3, 0.4) is 0 Å². The van der Waals surface area contributed by atoms with E-state index in [-0.39, 0.29) is 28.6 Å². The molecular weight excluding hydrogens is 259 g/mol. The van der Waals surface area contributed by atoms with Gasteiger partial charge in [0, 0.05) is 24.5 Å². The molecule has 0 radical (unpaired) electrons. The normalized spacial score (nSPS) is 10.4. The zero-order valence-electron chi connectivity index (χ0n) is 9.21. The highest BCUT2D eigenvalue weighted by atomic mass is 35.5. The van der Waals surface area contributed by atoms with Gasteiger partial charge in [-0.2, -0.15) is 0 Å². The summed E-state index contributed by atoms with van der Waals surface area (Å²) >= 11 is 5.82. The molecule has 1 aromatic heterocycles. The third-order valence-corrected chi connectivity index (χ3v) is 2.64. The SMILES string of the molecule is NCc1cc(C(=O)Nc2ncc[nH]2)c(Cl)cc1F. The monoisotopic (exact) mass is 268 g/mol. The van der Waals surface area contributed by atoms with E-state index in [0.29, 0.717) is 0 Å². The van der Waals surface area contributed by atoms with Gasteiger partial charge >= 0.3 is 0 Å². The van der Waals surface area contributed by atoms with Crippen LogP contribution in [-0.4, -0.2) is 15.9 Å². The van der Waals surface area contributed by atoms with E-state index in [1.807, 2.05) is 0 Å². The molecule has 7 heteroatoms. The molecule has 1 aromatic carbocycles. The van der Waals surface area contributed by atoms with Crippen molar-refractivity contribution in [1.82, 2.24) is 9.97 Å². The number of anilines is 1. The highest BCUT2D eigenvalue weighted by Crippen LogP contribution is 2.21. The summed E-state index contributed by atoms with van der Waals surface area (Å²) < 4.78 is 13.4. The molecule has 0 saturated carbocycles. The van der Waals surface area contributed by atoms with Crippen molar-refractivity contribution >= 4 is 23.5 Å². The van der Waals surface area contributed by atoms with Gasteiger partial charge in [0.15, 0.2) is 0 Å². The molecule has 2 rings (SSSR count). The second-order valence-corrected chi connectivity index (χ2v) is 3.93. The maximum absolute atomic E-state index is 13.4. The van der Waals surface area contributed by atoms with Gasteiger partial charge in [0.25, 0.3) is 5.91 Å². The lowest BCUT2D eigenvalue weighted by atomic mass is 10.1. The Morgan fingerprint density at radius 1 is 1.56 bits per heavy atom. The first-order chi connectivity index (χ1) is 8.61. The van der Waals surface area contributed by atoms with Crippen LogP contribution >= 0.6 is 11.6 Å². The molecule has 94 valence electrons. The summed E-state index contributed by atoms with van der Waals surface area (Å²) in [7, 11) is 0. The molecule has 0 atom stereocenters. The minimum atomic E-state index is -0.531. The molecule has 0 fully saturated rings. The third kappa shape index (κ3) is 2.49. The quantitative estimate of drug-likeness (QED) is 0.795. The molecule has 0 aliphatic rings. The van der Waals surface area contributed by atoms with E-state index >= 15 is 0 Å². The topological polar surface area (TPSA) is 83.8 Å². The van der Waals surface area contributed by atoms with Crippen LogP contribution in [0.15, 0.2) is 24.5 Å². The Morgan fingerprint density at radius 3 is 2.94 bits per heavy atom. The summed E-state index contributed by atoms with van der Waals surface area (Å²) in [4.78, 5) is 18.4. The summed E-state index contributed by atoms with van der Waals surface area (Å²) in [6, 6.07) is 2.40. The van der Waals surface area contributed by atoms with E-state index in [4.69, 9.17) is 17.3 Å². The van der Waals surface area contributed by atoms with Crippen LogP contribution in [0.4, 0.5) is 10.3 Å². The number of aromatic nitrogens is 2. The summed E-state index contributed by atoms with van der Waals surface area (Å²) in [6.07, 6.45) is 3.06. The number of carbonyl (C=O) groups is 1. The van der Waals surface area contributed by atoms with Crippen molar-refractivity contribution in [3.05, 3.63) is 46.5 Å². The molecule has 5 nitrogen and oxygen atoms in total. The van der Waals surface area contributed by atoms with E-state index in [0.717, 1.165) is 6.07 Å². The summed E-state index contributed by atoms with van der Waals surface area (Å²) in [5.74, 6) is -0.726. The largest absolute Gasteiger partial charge is 0.331 e. The average molecular weight is 269 g/mol. The van der Waals surface area contributed by atoms with Gasteiger partial charge in [-0.3, -0.25) is 10.1 Å². The number of carbonyl (C=O) groups excluding carboxylic acids is 1. The molecular formula is C11H10ClFN4O. The van der Waals surface area contributed by atoms with Gasteiger partial charge < -0.3 is 10.7 Å². The number of hydrogen-bond donors (Lipinski definition) is 3. The fourth-order valence-electron chi connectivity index (χ4n) is 1.43. The lowest BCUT2D eigenvalue weighted by Crippen LogP contribution is -2.15. The van der Waals surface area contributed by atoms with Gasteiger partial charge in [0.2, 0.25) is 5.95 Å². The van der Waals surface area contributed by atoms with Crippen LogP contribution in [-0.2, 0) is 6.54 Å². The average Bonchev–Trinajstić information content (AvgIpc) is 2.81. The Labute approximate surface area is 107 Å². The maximum Gasteiger partial charge on any atom is 0.259 e. The summed E-state index contributed by atoms with van der Waals surface area (Å²) in [5.41, 5.74) is 5.75. The standard InChI is InChI=1S/C11H10ClFN4O/c12-8-4-9(13)6(5-14)3-7(8)10(18)17-11-15-1-2-16-11/h1-4H,5,14H2,(H2,15,16,17,18). The van der Waals surface area contributed by atoms with Crippen molar-refractivity contribution in [2.45, 2.75) is 6.54 Å². The minimum Gasteiger partial charge on any atom is -0.331 e. The van der Waals surface area contributed by atoms with Gasteiger partial charge in [0.05, 0.1) is 10.6 Å². The smallest absolute Gasteiger partial charge is 0.259 e. The Bertz CT molecular complexity index is 571. The Morgan fingerprint density at radius 2 is 2.33 bits per heavy atom. The first-order valence-corrected chi connectivity index (χ1v) is 5.48. The Hall–Kier alpha value is -1.92. The van der Waals surface area contributed by atoms with Crippen molar-refractivity contribution in [2.24, 2.45) is 5.73 Å². The molecule has 1 heterocycles. The number of nitrogens with one attached hydrogen (secondary N) is 2. The van der Waals surface area contributed by atoms with Crippen LogP contribution in [0.5, 0.6) is 0 Å². The summed E-state index contributed by atoms with van der Waals surface area (Å²) in [5, 5.41) is 2.52. The van der Waals surface area contributed by atoms with Crippen molar-refractivity contribution in [2.75, 3.05) is 5.32 Å². The highest BCUT2D eigenvalue weighted by molar-refractivity contribution is 6.34. The van der Waals surface area contributed by atoms with Gasteiger partial charge in [-0.1, -0.05) is 11.6 Å². The second kappa shape index (κ2) is 5.16. The molecule has 0 aliphatic heterocycles. The molecule has 0 saturated heterocycles. The molecule has 0 bridgehead atoms. The fraction of sp³-hybridized carbons (Fsp3) is 0.0909. The van der Waals surface area contributed by atoms with Gasteiger partial charge in [-0.25, -0.2) is 9.37 Å². The minimum absolute atomic E-state index is 0.00989. The number of H-pyrrole nitrogens is 1. The van der Waals surface area contributed by atoms with Gasteiger partial charge in [0.1, 0.15) is 5.82 Å². The number of benzene rings is 1. The highest BCUT2D eigenvalue weighted by Gasteiger charge is 2.15. The predicted octanol–water partition coefficient (Wildman–Crippen LogP) is 1.91. The van der Waals surface area contributed by atoms with Crippen molar-refractivity contribution in [3.63, 3.8) is 0 Å². The predicted molar refractivity (Wildman–Crippen MR) is 65.8 cm³/mol. The fourth-order valence-corrected chi connectivity index (χ4v) is 1.67. The number of imidazole rings is 1. The lowest BCUT2D eigenvalue weighted by Gasteiger charge is -2.07. The second-order valence-electron chi connectivity index (χ2n) is 3.52. The first kappa shape index (κ1) is 12.5. The van der Waals surface area contributed by atoms with Crippen LogP contribution < -0.4 is 11.1 Å². The van der Waals surface area contributed by atoms with E-state index in [2.05, 4.69) is 15.3 Å². The van der Waals surface area contributed by atoms with E-state index in [1.54, 1.807) is 6.20 Å². The first-order valence-electron chi connectivity index (χ1n) is 5.10. The number of nitrogens with two attached hydrogens (primary N) is 1. The van der Waals surface area contributed by atoms with Crippen LogP contribution in [0.2, 0.25) is 5.02 Å². The number of halogens is 2. The lowest BCUT2D eigenvalue weighted by molar-refractivity contribution is 0.102. The molecule has 0 spiro atoms. The van der Waals surface area contributed by atoms with E-state index in [9.17, 15) is 9.18 Å².